The van der Waals surface area contributed by atoms with Gasteiger partial charge in [0.15, 0.2) is 0 Å². The molecule has 1 heterocycles. The van der Waals surface area contributed by atoms with E-state index < -0.39 is 0 Å². The first-order valence-corrected chi connectivity index (χ1v) is 5.50. The van der Waals surface area contributed by atoms with Crippen molar-refractivity contribution in [3.8, 4) is 0 Å². The lowest BCUT2D eigenvalue weighted by molar-refractivity contribution is 0.426. The summed E-state index contributed by atoms with van der Waals surface area (Å²) in [4.78, 5) is 0. The smallest absolute Gasteiger partial charge is 0.0450 e. The average molecular weight is 188 g/mol. The number of fused-ring (bicyclic) bond motifs is 1. The van der Waals surface area contributed by atoms with Crippen molar-refractivity contribution >= 4 is 0 Å². The zero-order valence-electron chi connectivity index (χ0n) is 8.34. The number of rotatable bonds is 1. The quantitative estimate of drug-likeness (QED) is 0.687. The molecule has 0 bridgehead atoms. The Balaban J connectivity index is 1.91. The van der Waals surface area contributed by atoms with E-state index in [2.05, 4.69) is 28.8 Å². The standard InChI is InChI=1S/C12H16N2/c1-2-9-4-5-10(9)11(3-1)12-8-13-6-7-14-12/h1-3,12-14H,4-8H2. The van der Waals surface area contributed by atoms with Crippen molar-refractivity contribution in [2.75, 3.05) is 19.6 Å². The van der Waals surface area contributed by atoms with Crippen molar-refractivity contribution < 1.29 is 0 Å². The van der Waals surface area contributed by atoms with Gasteiger partial charge in [-0.05, 0) is 29.5 Å². The molecule has 3 rings (SSSR count). The van der Waals surface area contributed by atoms with E-state index in [4.69, 9.17) is 0 Å². The van der Waals surface area contributed by atoms with E-state index in [1.807, 2.05) is 0 Å². The van der Waals surface area contributed by atoms with Gasteiger partial charge in [0, 0.05) is 25.7 Å². The molecule has 2 heteroatoms. The predicted molar refractivity (Wildman–Crippen MR) is 57.5 cm³/mol. The minimum absolute atomic E-state index is 0.541. The third-order valence-electron chi connectivity index (χ3n) is 3.37. The van der Waals surface area contributed by atoms with Crippen LogP contribution in [0.3, 0.4) is 0 Å². The molecule has 1 fully saturated rings. The third kappa shape index (κ3) is 1.26. The van der Waals surface area contributed by atoms with Crippen LogP contribution in [0.2, 0.25) is 0 Å². The number of piperazine rings is 1. The zero-order valence-corrected chi connectivity index (χ0v) is 8.34. The third-order valence-corrected chi connectivity index (χ3v) is 3.37. The Bertz CT molecular complexity index is 340. The molecule has 1 aromatic carbocycles. The Labute approximate surface area is 84.7 Å². The molecule has 2 aliphatic rings. The van der Waals surface area contributed by atoms with E-state index >= 15 is 0 Å². The van der Waals surface area contributed by atoms with Crippen molar-refractivity contribution in [2.24, 2.45) is 0 Å². The summed E-state index contributed by atoms with van der Waals surface area (Å²) in [5.41, 5.74) is 4.70. The van der Waals surface area contributed by atoms with E-state index in [-0.39, 0.29) is 0 Å². The maximum atomic E-state index is 3.57. The van der Waals surface area contributed by atoms with Crippen molar-refractivity contribution in [3.63, 3.8) is 0 Å². The van der Waals surface area contributed by atoms with Crippen LogP contribution >= 0.6 is 0 Å². The minimum atomic E-state index is 0.541. The fraction of sp³-hybridized carbons (Fsp3) is 0.500. The summed E-state index contributed by atoms with van der Waals surface area (Å²) >= 11 is 0. The van der Waals surface area contributed by atoms with Crippen molar-refractivity contribution in [1.82, 2.24) is 10.6 Å². The molecule has 1 saturated heterocycles. The number of nitrogens with one attached hydrogen (secondary N) is 2. The largest absolute Gasteiger partial charge is 0.314 e. The molecule has 1 aromatic rings. The molecular weight excluding hydrogens is 172 g/mol. The highest BCUT2D eigenvalue weighted by Gasteiger charge is 2.22. The number of hydrogen-bond acceptors (Lipinski definition) is 2. The second kappa shape index (κ2) is 3.37. The molecule has 2 nitrogen and oxygen atoms in total. The fourth-order valence-electron chi connectivity index (χ4n) is 2.48. The second-order valence-electron chi connectivity index (χ2n) is 4.20. The molecule has 74 valence electrons. The molecule has 1 unspecified atom stereocenters. The lowest BCUT2D eigenvalue weighted by Crippen LogP contribution is -2.43. The molecule has 0 saturated carbocycles. The molecule has 0 spiro atoms. The molecular formula is C12H16N2. The first-order valence-electron chi connectivity index (χ1n) is 5.50. The van der Waals surface area contributed by atoms with Crippen LogP contribution in [0.4, 0.5) is 0 Å². The zero-order chi connectivity index (χ0) is 9.38. The van der Waals surface area contributed by atoms with Gasteiger partial charge in [-0.15, -0.1) is 0 Å². The van der Waals surface area contributed by atoms with Gasteiger partial charge in [-0.3, -0.25) is 0 Å². The van der Waals surface area contributed by atoms with Crippen molar-refractivity contribution in [2.45, 2.75) is 18.9 Å². The molecule has 1 aliphatic carbocycles. The van der Waals surface area contributed by atoms with Gasteiger partial charge in [-0.1, -0.05) is 18.2 Å². The van der Waals surface area contributed by atoms with Gasteiger partial charge in [-0.25, -0.2) is 0 Å². The number of aryl methyl sites for hydroxylation is 1. The molecule has 14 heavy (non-hydrogen) atoms. The van der Waals surface area contributed by atoms with Gasteiger partial charge < -0.3 is 10.6 Å². The maximum Gasteiger partial charge on any atom is 0.0450 e. The van der Waals surface area contributed by atoms with E-state index in [1.54, 1.807) is 11.1 Å². The predicted octanol–water partition coefficient (Wildman–Crippen LogP) is 1.02. The summed E-state index contributed by atoms with van der Waals surface area (Å²) in [6, 6.07) is 7.28. The van der Waals surface area contributed by atoms with Crippen LogP contribution in [0.1, 0.15) is 22.7 Å². The lowest BCUT2D eigenvalue weighted by atomic mass is 9.82. The Morgan fingerprint density at radius 2 is 2.14 bits per heavy atom. The van der Waals surface area contributed by atoms with Crippen LogP contribution in [0.5, 0.6) is 0 Å². The topological polar surface area (TPSA) is 24.1 Å². The molecule has 0 radical (unpaired) electrons. The Kier molecular flexibility index (Phi) is 2.03. The van der Waals surface area contributed by atoms with E-state index in [0.29, 0.717) is 6.04 Å². The van der Waals surface area contributed by atoms with E-state index in [0.717, 1.165) is 19.6 Å². The first-order chi connectivity index (χ1) is 6.95. The van der Waals surface area contributed by atoms with E-state index in [9.17, 15) is 0 Å². The summed E-state index contributed by atoms with van der Waals surface area (Å²) in [7, 11) is 0. The normalized spacial score (nSPS) is 25.3. The first kappa shape index (κ1) is 8.45. The van der Waals surface area contributed by atoms with Gasteiger partial charge in [0.2, 0.25) is 0 Å². The van der Waals surface area contributed by atoms with Crippen LogP contribution in [-0.2, 0) is 12.8 Å². The molecule has 1 atom stereocenters. The lowest BCUT2D eigenvalue weighted by Gasteiger charge is -2.30. The van der Waals surface area contributed by atoms with Gasteiger partial charge in [0.05, 0.1) is 0 Å². The van der Waals surface area contributed by atoms with Crippen LogP contribution in [0, 0.1) is 0 Å². The van der Waals surface area contributed by atoms with Crippen molar-refractivity contribution in [3.05, 3.63) is 34.9 Å². The highest BCUT2D eigenvalue weighted by molar-refractivity contribution is 5.43. The van der Waals surface area contributed by atoms with E-state index in [1.165, 1.54) is 18.4 Å². The SMILES string of the molecule is c1cc2c(c(C3CNCCN3)c1)CC2. The molecule has 0 aromatic heterocycles. The molecule has 0 amide bonds. The molecule has 1 aliphatic heterocycles. The summed E-state index contributed by atoms with van der Waals surface area (Å²) < 4.78 is 0. The van der Waals surface area contributed by atoms with Crippen LogP contribution in [0.15, 0.2) is 18.2 Å². The van der Waals surface area contributed by atoms with Gasteiger partial charge >= 0.3 is 0 Å². The summed E-state index contributed by atoms with van der Waals surface area (Å²) in [6.45, 7) is 3.27. The monoisotopic (exact) mass is 188 g/mol. The highest BCUT2D eigenvalue weighted by atomic mass is 15.1. The Morgan fingerprint density at radius 3 is 2.86 bits per heavy atom. The average Bonchev–Trinajstić information content (AvgIpc) is 2.21. The summed E-state index contributed by atoms with van der Waals surface area (Å²) in [6.07, 6.45) is 2.56. The van der Waals surface area contributed by atoms with Gasteiger partial charge in [-0.2, -0.15) is 0 Å². The van der Waals surface area contributed by atoms with Crippen LogP contribution in [-0.4, -0.2) is 19.6 Å². The molecule has 2 N–H and O–H groups in total. The number of benzene rings is 1. The summed E-state index contributed by atoms with van der Waals surface area (Å²) in [5.74, 6) is 0. The van der Waals surface area contributed by atoms with Crippen LogP contribution < -0.4 is 10.6 Å². The second-order valence-corrected chi connectivity index (χ2v) is 4.20. The highest BCUT2D eigenvalue weighted by Crippen LogP contribution is 2.30. The fourth-order valence-corrected chi connectivity index (χ4v) is 2.48. The Morgan fingerprint density at radius 1 is 1.14 bits per heavy atom. The minimum Gasteiger partial charge on any atom is -0.314 e. The Hall–Kier alpha value is -0.860. The number of hydrogen-bond donors (Lipinski definition) is 2. The van der Waals surface area contributed by atoms with Gasteiger partial charge in [0.1, 0.15) is 0 Å². The van der Waals surface area contributed by atoms with Gasteiger partial charge in [0.25, 0.3) is 0 Å². The van der Waals surface area contributed by atoms with Crippen LogP contribution in [0.25, 0.3) is 0 Å². The van der Waals surface area contributed by atoms with Crippen molar-refractivity contribution in [1.29, 1.82) is 0 Å². The maximum absolute atomic E-state index is 3.57. The summed E-state index contributed by atoms with van der Waals surface area (Å²) in [5, 5.41) is 7.02.